The molecule has 0 unspecified atom stereocenters. The molecule has 0 radical (unpaired) electrons. The van der Waals surface area contributed by atoms with Gasteiger partial charge in [-0.3, -0.25) is 0 Å². The highest BCUT2D eigenvalue weighted by Gasteiger charge is 2.49. The topological polar surface area (TPSA) is 20.2 Å². The zero-order valence-electron chi connectivity index (χ0n) is 8.99. The van der Waals surface area contributed by atoms with Crippen molar-refractivity contribution in [2.75, 3.05) is 0 Å². The van der Waals surface area contributed by atoms with Crippen LogP contribution in [0.25, 0.3) is 0 Å². The fourth-order valence-electron chi connectivity index (χ4n) is 4.60. The quantitative estimate of drug-likeness (QED) is 0.680. The average Bonchev–Trinajstić information content (AvgIpc) is 2.75. The second-order valence-electron chi connectivity index (χ2n) is 5.78. The second kappa shape index (κ2) is 3.52. The predicted molar refractivity (Wildman–Crippen MR) is 56.9 cm³/mol. The van der Waals surface area contributed by atoms with E-state index in [0.717, 1.165) is 24.2 Å². The van der Waals surface area contributed by atoms with Crippen LogP contribution in [-0.2, 0) is 0 Å². The van der Waals surface area contributed by atoms with E-state index in [9.17, 15) is 5.11 Å². The SMILES string of the molecule is O[C@H]1C[C@H]2CC[C@@H]1[C@H]2C1CCCCC1. The summed E-state index contributed by atoms with van der Waals surface area (Å²) in [6.45, 7) is 0. The first-order valence-electron chi connectivity index (χ1n) is 6.54. The summed E-state index contributed by atoms with van der Waals surface area (Å²) < 4.78 is 0. The van der Waals surface area contributed by atoms with Crippen molar-refractivity contribution in [2.45, 2.75) is 57.5 Å². The summed E-state index contributed by atoms with van der Waals surface area (Å²) in [5, 5.41) is 9.92. The molecule has 0 aromatic rings. The minimum Gasteiger partial charge on any atom is -0.393 e. The number of aliphatic hydroxyl groups excluding tert-OH is 1. The molecule has 0 aliphatic heterocycles. The molecule has 4 atom stereocenters. The lowest BCUT2D eigenvalue weighted by atomic mass is 9.75. The zero-order chi connectivity index (χ0) is 9.54. The maximum Gasteiger partial charge on any atom is 0.0574 e. The minimum absolute atomic E-state index is 0.0701. The van der Waals surface area contributed by atoms with Crippen molar-refractivity contribution < 1.29 is 5.11 Å². The van der Waals surface area contributed by atoms with E-state index in [-0.39, 0.29) is 6.10 Å². The van der Waals surface area contributed by atoms with Gasteiger partial charge in [-0.1, -0.05) is 32.1 Å². The lowest BCUT2D eigenvalue weighted by Gasteiger charge is -2.30. The van der Waals surface area contributed by atoms with Crippen LogP contribution in [0.3, 0.4) is 0 Å². The first kappa shape index (κ1) is 9.21. The molecule has 0 spiro atoms. The Kier molecular flexibility index (Phi) is 2.31. The third kappa shape index (κ3) is 1.32. The van der Waals surface area contributed by atoms with Gasteiger partial charge in [0.05, 0.1) is 6.10 Å². The van der Waals surface area contributed by atoms with Crippen LogP contribution in [-0.4, -0.2) is 11.2 Å². The van der Waals surface area contributed by atoms with E-state index < -0.39 is 0 Å². The number of hydrogen-bond acceptors (Lipinski definition) is 1. The maximum absolute atomic E-state index is 9.92. The summed E-state index contributed by atoms with van der Waals surface area (Å²) in [5.74, 6) is 3.50. The number of rotatable bonds is 1. The molecule has 1 heteroatoms. The van der Waals surface area contributed by atoms with Crippen LogP contribution in [0.4, 0.5) is 0 Å². The average molecular weight is 194 g/mol. The molecule has 3 saturated carbocycles. The van der Waals surface area contributed by atoms with Gasteiger partial charge < -0.3 is 5.11 Å². The molecule has 3 aliphatic carbocycles. The van der Waals surface area contributed by atoms with Crippen molar-refractivity contribution >= 4 is 0 Å². The van der Waals surface area contributed by atoms with Crippen molar-refractivity contribution in [3.63, 3.8) is 0 Å². The smallest absolute Gasteiger partial charge is 0.0574 e. The molecule has 0 aromatic heterocycles. The van der Waals surface area contributed by atoms with Crippen molar-refractivity contribution in [3.8, 4) is 0 Å². The van der Waals surface area contributed by atoms with Gasteiger partial charge in [0, 0.05) is 0 Å². The molecule has 0 saturated heterocycles. The Bertz CT molecular complexity index is 207. The Morgan fingerprint density at radius 2 is 1.57 bits per heavy atom. The third-order valence-corrected chi connectivity index (χ3v) is 5.14. The standard InChI is InChI=1S/C13H22O/c14-12-8-10-6-7-11(12)13(10)9-4-2-1-3-5-9/h9-14H,1-8H2/t10-,11+,12+,13+/m1/s1. The Hall–Kier alpha value is -0.0400. The molecule has 3 aliphatic rings. The lowest BCUT2D eigenvalue weighted by molar-refractivity contribution is 0.0951. The molecular weight excluding hydrogens is 172 g/mol. The summed E-state index contributed by atoms with van der Waals surface area (Å²) >= 11 is 0. The molecule has 3 rings (SSSR count). The molecular formula is C13H22O. The predicted octanol–water partition coefficient (Wildman–Crippen LogP) is 2.97. The molecule has 0 heterocycles. The van der Waals surface area contributed by atoms with Gasteiger partial charge in [-0.05, 0) is 42.9 Å². The summed E-state index contributed by atoms with van der Waals surface area (Å²) in [6.07, 6.45) is 11.2. The molecule has 0 aromatic carbocycles. The summed E-state index contributed by atoms with van der Waals surface area (Å²) in [6, 6.07) is 0. The van der Waals surface area contributed by atoms with Crippen LogP contribution in [0.5, 0.6) is 0 Å². The first-order chi connectivity index (χ1) is 6.86. The molecule has 0 amide bonds. The molecule has 14 heavy (non-hydrogen) atoms. The maximum atomic E-state index is 9.92. The highest BCUT2D eigenvalue weighted by atomic mass is 16.3. The fraction of sp³-hybridized carbons (Fsp3) is 1.00. The second-order valence-corrected chi connectivity index (χ2v) is 5.78. The molecule has 3 fully saturated rings. The van der Waals surface area contributed by atoms with Gasteiger partial charge in [-0.25, -0.2) is 0 Å². The van der Waals surface area contributed by atoms with Crippen molar-refractivity contribution in [1.82, 2.24) is 0 Å². The zero-order valence-corrected chi connectivity index (χ0v) is 8.99. The van der Waals surface area contributed by atoms with Crippen LogP contribution in [0.1, 0.15) is 51.4 Å². The van der Waals surface area contributed by atoms with E-state index in [1.807, 2.05) is 0 Å². The largest absolute Gasteiger partial charge is 0.393 e. The molecule has 2 bridgehead atoms. The minimum atomic E-state index is 0.0701. The van der Waals surface area contributed by atoms with Gasteiger partial charge in [0.15, 0.2) is 0 Å². The number of hydrogen-bond donors (Lipinski definition) is 1. The Balaban J connectivity index is 1.72. The molecule has 1 nitrogen and oxygen atoms in total. The van der Waals surface area contributed by atoms with E-state index in [4.69, 9.17) is 0 Å². The van der Waals surface area contributed by atoms with Gasteiger partial charge >= 0.3 is 0 Å². The molecule has 1 N–H and O–H groups in total. The first-order valence-corrected chi connectivity index (χ1v) is 6.54. The van der Waals surface area contributed by atoms with E-state index >= 15 is 0 Å². The van der Waals surface area contributed by atoms with Crippen LogP contribution in [0, 0.1) is 23.7 Å². The normalized spacial score (nSPS) is 48.6. The Morgan fingerprint density at radius 1 is 0.786 bits per heavy atom. The Labute approximate surface area is 86.9 Å². The van der Waals surface area contributed by atoms with E-state index in [0.29, 0.717) is 5.92 Å². The van der Waals surface area contributed by atoms with Crippen LogP contribution < -0.4 is 0 Å². The van der Waals surface area contributed by atoms with Crippen molar-refractivity contribution in [2.24, 2.45) is 23.7 Å². The van der Waals surface area contributed by atoms with E-state index in [1.54, 1.807) is 0 Å². The highest BCUT2D eigenvalue weighted by molar-refractivity contribution is 4.99. The summed E-state index contributed by atoms with van der Waals surface area (Å²) in [5.41, 5.74) is 0. The van der Waals surface area contributed by atoms with Gasteiger partial charge in [0.2, 0.25) is 0 Å². The fourth-order valence-corrected chi connectivity index (χ4v) is 4.60. The van der Waals surface area contributed by atoms with Crippen LogP contribution in [0.2, 0.25) is 0 Å². The number of fused-ring (bicyclic) bond motifs is 2. The van der Waals surface area contributed by atoms with E-state index in [2.05, 4.69) is 0 Å². The Morgan fingerprint density at radius 3 is 2.14 bits per heavy atom. The summed E-state index contributed by atoms with van der Waals surface area (Å²) in [7, 11) is 0. The highest BCUT2D eigenvalue weighted by Crippen LogP contribution is 2.54. The van der Waals surface area contributed by atoms with Gasteiger partial charge in [-0.15, -0.1) is 0 Å². The number of aliphatic hydroxyl groups is 1. The van der Waals surface area contributed by atoms with E-state index in [1.165, 1.54) is 44.9 Å². The monoisotopic (exact) mass is 194 g/mol. The van der Waals surface area contributed by atoms with Crippen molar-refractivity contribution in [3.05, 3.63) is 0 Å². The third-order valence-electron chi connectivity index (χ3n) is 5.14. The van der Waals surface area contributed by atoms with Gasteiger partial charge in [0.25, 0.3) is 0 Å². The van der Waals surface area contributed by atoms with Gasteiger partial charge in [-0.2, -0.15) is 0 Å². The van der Waals surface area contributed by atoms with Crippen molar-refractivity contribution in [1.29, 1.82) is 0 Å². The lowest BCUT2D eigenvalue weighted by Crippen LogP contribution is -2.24. The van der Waals surface area contributed by atoms with Crippen LogP contribution >= 0.6 is 0 Å². The molecule has 80 valence electrons. The van der Waals surface area contributed by atoms with Gasteiger partial charge in [0.1, 0.15) is 0 Å². The van der Waals surface area contributed by atoms with Crippen LogP contribution in [0.15, 0.2) is 0 Å². The summed E-state index contributed by atoms with van der Waals surface area (Å²) in [4.78, 5) is 0.